The fraction of sp³-hybridized carbons (Fsp3) is 0.875. The van der Waals surface area contributed by atoms with Crippen LogP contribution in [-0.4, -0.2) is 5.78 Å². The molecule has 0 spiro atoms. The van der Waals surface area contributed by atoms with Crippen LogP contribution in [0.25, 0.3) is 0 Å². The normalized spacial score (nSPS) is 36.9. The zero-order chi connectivity index (χ0) is 6.85. The summed E-state index contributed by atoms with van der Waals surface area (Å²) in [4.78, 5) is 10.8. The van der Waals surface area contributed by atoms with Crippen molar-refractivity contribution in [2.45, 2.75) is 33.1 Å². The molecule has 1 nitrogen and oxygen atoms in total. The monoisotopic (exact) mass is 126 g/mol. The molecule has 0 aromatic carbocycles. The highest BCUT2D eigenvalue weighted by atomic mass is 16.1. The van der Waals surface area contributed by atoms with E-state index in [1.165, 1.54) is 0 Å². The first kappa shape index (κ1) is 6.79. The Kier molecular flexibility index (Phi) is 1.89. The Bertz CT molecular complexity index is 118. The first-order valence-corrected chi connectivity index (χ1v) is 3.72. The quantitative estimate of drug-likeness (QED) is 0.485. The van der Waals surface area contributed by atoms with Gasteiger partial charge in [0, 0.05) is 12.8 Å². The van der Waals surface area contributed by atoms with Crippen molar-refractivity contribution in [2.24, 2.45) is 11.8 Å². The Morgan fingerprint density at radius 2 is 2.00 bits per heavy atom. The molecule has 1 saturated carbocycles. The first-order valence-electron chi connectivity index (χ1n) is 3.72. The Hall–Kier alpha value is -0.330. The molecule has 1 fully saturated rings. The van der Waals surface area contributed by atoms with Crippen molar-refractivity contribution in [3.63, 3.8) is 0 Å². The largest absolute Gasteiger partial charge is 0.300 e. The molecular formula is C8H14O. The van der Waals surface area contributed by atoms with E-state index in [4.69, 9.17) is 0 Å². The summed E-state index contributed by atoms with van der Waals surface area (Å²) in [5.74, 6) is 1.86. The Balaban J connectivity index is 2.44. The highest BCUT2D eigenvalue weighted by Crippen LogP contribution is 2.26. The second kappa shape index (κ2) is 2.51. The van der Waals surface area contributed by atoms with E-state index < -0.39 is 0 Å². The summed E-state index contributed by atoms with van der Waals surface area (Å²) in [6, 6.07) is 0. The minimum Gasteiger partial charge on any atom is -0.300 e. The van der Waals surface area contributed by atoms with Crippen molar-refractivity contribution in [2.75, 3.05) is 0 Å². The fourth-order valence-corrected chi connectivity index (χ4v) is 1.34. The van der Waals surface area contributed by atoms with E-state index in [2.05, 4.69) is 13.8 Å². The molecule has 0 heterocycles. The second-order valence-electron chi connectivity index (χ2n) is 3.24. The lowest BCUT2D eigenvalue weighted by Crippen LogP contribution is -2.19. The maximum absolute atomic E-state index is 10.8. The molecule has 0 aromatic heterocycles. The molecule has 0 radical (unpaired) electrons. The summed E-state index contributed by atoms with van der Waals surface area (Å²) < 4.78 is 0. The Morgan fingerprint density at radius 1 is 1.33 bits per heavy atom. The van der Waals surface area contributed by atoms with Crippen molar-refractivity contribution in [3.05, 3.63) is 0 Å². The topological polar surface area (TPSA) is 17.1 Å². The summed E-state index contributed by atoms with van der Waals surface area (Å²) in [5.41, 5.74) is 0. The molecule has 1 rings (SSSR count). The number of rotatable bonds is 0. The van der Waals surface area contributed by atoms with Gasteiger partial charge in [-0.1, -0.05) is 13.8 Å². The SMILES string of the molecule is C[C@@H]1CCC(=O)C[C@@H]1C. The third kappa shape index (κ3) is 1.54. The molecular weight excluding hydrogens is 112 g/mol. The molecule has 0 N–H and O–H groups in total. The van der Waals surface area contributed by atoms with Gasteiger partial charge < -0.3 is 0 Å². The van der Waals surface area contributed by atoms with Gasteiger partial charge in [0.2, 0.25) is 0 Å². The molecule has 52 valence electrons. The van der Waals surface area contributed by atoms with Crippen molar-refractivity contribution in [1.82, 2.24) is 0 Å². The van der Waals surface area contributed by atoms with Gasteiger partial charge in [0.15, 0.2) is 0 Å². The average Bonchev–Trinajstić information content (AvgIpc) is 1.80. The van der Waals surface area contributed by atoms with Crippen LogP contribution in [0.3, 0.4) is 0 Å². The van der Waals surface area contributed by atoms with Crippen molar-refractivity contribution in [1.29, 1.82) is 0 Å². The van der Waals surface area contributed by atoms with E-state index in [0.717, 1.165) is 25.2 Å². The molecule has 0 unspecified atom stereocenters. The molecule has 0 bridgehead atoms. The van der Waals surface area contributed by atoms with E-state index in [0.29, 0.717) is 11.7 Å². The molecule has 0 amide bonds. The minimum absolute atomic E-state index is 0.459. The van der Waals surface area contributed by atoms with Gasteiger partial charge in [0.25, 0.3) is 0 Å². The van der Waals surface area contributed by atoms with E-state index in [9.17, 15) is 4.79 Å². The standard InChI is InChI=1S/C8H14O/c1-6-3-4-8(9)5-7(6)2/h6-7H,3-5H2,1-2H3/t6-,7+/m1/s1. The van der Waals surface area contributed by atoms with Gasteiger partial charge in [0.05, 0.1) is 0 Å². The third-order valence-corrected chi connectivity index (χ3v) is 2.40. The van der Waals surface area contributed by atoms with E-state index in [1.54, 1.807) is 0 Å². The Labute approximate surface area is 56.4 Å². The molecule has 1 aliphatic rings. The number of carbonyl (C=O) groups excluding carboxylic acids is 1. The van der Waals surface area contributed by atoms with Gasteiger partial charge in [-0.15, -0.1) is 0 Å². The molecule has 0 aromatic rings. The minimum atomic E-state index is 0.459. The van der Waals surface area contributed by atoms with Crippen LogP contribution in [0, 0.1) is 11.8 Å². The number of carbonyl (C=O) groups is 1. The number of ketones is 1. The summed E-state index contributed by atoms with van der Waals surface area (Å²) in [6.45, 7) is 4.40. The van der Waals surface area contributed by atoms with Gasteiger partial charge in [-0.05, 0) is 18.3 Å². The zero-order valence-corrected chi connectivity index (χ0v) is 6.18. The van der Waals surface area contributed by atoms with Crippen LogP contribution in [-0.2, 0) is 4.79 Å². The van der Waals surface area contributed by atoms with Crippen LogP contribution >= 0.6 is 0 Å². The van der Waals surface area contributed by atoms with Crippen molar-refractivity contribution >= 4 is 5.78 Å². The van der Waals surface area contributed by atoms with Crippen LogP contribution in [0.15, 0.2) is 0 Å². The smallest absolute Gasteiger partial charge is 0.133 e. The lowest BCUT2D eigenvalue weighted by molar-refractivity contribution is -0.122. The highest BCUT2D eigenvalue weighted by Gasteiger charge is 2.21. The van der Waals surface area contributed by atoms with Crippen LogP contribution < -0.4 is 0 Å². The maximum atomic E-state index is 10.8. The third-order valence-electron chi connectivity index (χ3n) is 2.40. The molecule has 1 heteroatoms. The van der Waals surface area contributed by atoms with Gasteiger partial charge in [0.1, 0.15) is 5.78 Å². The van der Waals surface area contributed by atoms with Gasteiger partial charge in [-0.3, -0.25) is 4.79 Å². The van der Waals surface area contributed by atoms with Crippen LogP contribution in [0.4, 0.5) is 0 Å². The predicted octanol–water partition coefficient (Wildman–Crippen LogP) is 2.01. The average molecular weight is 126 g/mol. The first-order chi connectivity index (χ1) is 4.20. The van der Waals surface area contributed by atoms with E-state index in [-0.39, 0.29) is 0 Å². The van der Waals surface area contributed by atoms with Crippen molar-refractivity contribution in [3.8, 4) is 0 Å². The van der Waals surface area contributed by atoms with Gasteiger partial charge in [-0.2, -0.15) is 0 Å². The van der Waals surface area contributed by atoms with Gasteiger partial charge in [-0.25, -0.2) is 0 Å². The summed E-state index contributed by atoms with van der Waals surface area (Å²) in [7, 11) is 0. The number of hydrogen-bond donors (Lipinski definition) is 0. The molecule has 0 aliphatic heterocycles. The molecule has 2 atom stereocenters. The highest BCUT2D eigenvalue weighted by molar-refractivity contribution is 5.79. The van der Waals surface area contributed by atoms with Crippen LogP contribution in [0.1, 0.15) is 33.1 Å². The molecule has 1 aliphatic carbocycles. The fourth-order valence-electron chi connectivity index (χ4n) is 1.34. The van der Waals surface area contributed by atoms with E-state index >= 15 is 0 Å². The summed E-state index contributed by atoms with van der Waals surface area (Å²) in [5, 5.41) is 0. The summed E-state index contributed by atoms with van der Waals surface area (Å²) in [6.07, 6.45) is 2.76. The number of Topliss-reactive ketones (excluding diaryl/α,β-unsaturated/α-hetero) is 1. The molecule has 0 saturated heterocycles. The lowest BCUT2D eigenvalue weighted by Gasteiger charge is -2.23. The van der Waals surface area contributed by atoms with Crippen LogP contribution in [0.5, 0.6) is 0 Å². The lowest BCUT2D eigenvalue weighted by atomic mass is 9.81. The predicted molar refractivity (Wildman–Crippen MR) is 37.2 cm³/mol. The van der Waals surface area contributed by atoms with E-state index in [1.807, 2.05) is 0 Å². The number of hydrogen-bond acceptors (Lipinski definition) is 1. The molecule has 9 heavy (non-hydrogen) atoms. The van der Waals surface area contributed by atoms with Gasteiger partial charge >= 0.3 is 0 Å². The summed E-state index contributed by atoms with van der Waals surface area (Å²) >= 11 is 0. The zero-order valence-electron chi connectivity index (χ0n) is 6.18. The van der Waals surface area contributed by atoms with Crippen molar-refractivity contribution < 1.29 is 4.79 Å². The maximum Gasteiger partial charge on any atom is 0.133 e. The van der Waals surface area contributed by atoms with Crippen LogP contribution in [0.2, 0.25) is 0 Å². The second-order valence-corrected chi connectivity index (χ2v) is 3.24. The Morgan fingerprint density at radius 3 is 2.44 bits per heavy atom.